The van der Waals surface area contributed by atoms with Crippen LogP contribution in [0.15, 0.2) is 37.1 Å². The Morgan fingerprint density at radius 3 is 2.40 bits per heavy atom. The number of hydrogen-bond donors (Lipinski definition) is 1. The summed E-state index contributed by atoms with van der Waals surface area (Å²) >= 11 is 0. The number of hydrogen-bond acceptors (Lipinski definition) is 1. The highest BCUT2D eigenvalue weighted by atomic mass is 14.9. The van der Waals surface area contributed by atoms with Crippen molar-refractivity contribution in [3.05, 3.63) is 37.1 Å². The minimum absolute atomic E-state index is 0.508. The van der Waals surface area contributed by atoms with E-state index in [1.807, 2.05) is 24.4 Å². The van der Waals surface area contributed by atoms with Crippen LogP contribution in [0.3, 0.4) is 0 Å². The van der Waals surface area contributed by atoms with E-state index < -0.39 is 0 Å². The lowest BCUT2D eigenvalue weighted by molar-refractivity contribution is 0.703. The van der Waals surface area contributed by atoms with Gasteiger partial charge < -0.3 is 5.32 Å². The molecule has 0 rings (SSSR count). The molecule has 0 aliphatic heterocycles. The Morgan fingerprint density at radius 1 is 1.20 bits per heavy atom. The molecule has 0 atom stereocenters. The van der Waals surface area contributed by atoms with Gasteiger partial charge in [-0.3, -0.25) is 0 Å². The summed E-state index contributed by atoms with van der Waals surface area (Å²) in [6.45, 7) is 7.75. The van der Waals surface area contributed by atoms with Crippen molar-refractivity contribution in [2.45, 2.75) is 19.9 Å². The zero-order valence-corrected chi connectivity index (χ0v) is 6.67. The fraction of sp³-hybridized carbons (Fsp3) is 0.333. The van der Waals surface area contributed by atoms with Crippen LogP contribution in [0.1, 0.15) is 13.8 Å². The number of nitrogens with one attached hydrogen (secondary N) is 1. The highest BCUT2D eigenvalue weighted by Crippen LogP contribution is 1.78. The van der Waals surface area contributed by atoms with Gasteiger partial charge in [-0.25, -0.2) is 0 Å². The second-order valence-electron chi connectivity index (χ2n) is 2.30. The minimum atomic E-state index is 0.508. The van der Waals surface area contributed by atoms with E-state index in [1.165, 1.54) is 0 Å². The SMILES string of the molecule is C=C/C=C\C=C\NC(C)C. The molecule has 0 amide bonds. The van der Waals surface area contributed by atoms with Crippen molar-refractivity contribution in [1.82, 2.24) is 5.32 Å². The molecule has 0 fully saturated rings. The van der Waals surface area contributed by atoms with Gasteiger partial charge in [0.1, 0.15) is 0 Å². The van der Waals surface area contributed by atoms with Crippen LogP contribution < -0.4 is 5.32 Å². The van der Waals surface area contributed by atoms with Crippen molar-refractivity contribution in [1.29, 1.82) is 0 Å². The van der Waals surface area contributed by atoms with Gasteiger partial charge in [-0.2, -0.15) is 0 Å². The van der Waals surface area contributed by atoms with Gasteiger partial charge in [0, 0.05) is 6.04 Å². The lowest BCUT2D eigenvalue weighted by Crippen LogP contribution is -2.14. The molecule has 1 heteroatoms. The monoisotopic (exact) mass is 137 g/mol. The first kappa shape index (κ1) is 9.02. The number of allylic oxidation sites excluding steroid dienone is 4. The van der Waals surface area contributed by atoms with Crippen LogP contribution in [0.25, 0.3) is 0 Å². The zero-order chi connectivity index (χ0) is 7.82. The van der Waals surface area contributed by atoms with Gasteiger partial charge in [0.2, 0.25) is 0 Å². The average molecular weight is 137 g/mol. The third kappa shape index (κ3) is 7.02. The normalized spacial score (nSPS) is 11.5. The first-order chi connectivity index (χ1) is 4.77. The molecule has 0 aromatic rings. The third-order valence-corrected chi connectivity index (χ3v) is 0.884. The molecule has 0 bridgehead atoms. The van der Waals surface area contributed by atoms with Crippen LogP contribution >= 0.6 is 0 Å². The summed E-state index contributed by atoms with van der Waals surface area (Å²) in [6, 6.07) is 0.508. The molecule has 0 aliphatic carbocycles. The lowest BCUT2D eigenvalue weighted by atomic mass is 10.4. The fourth-order valence-corrected chi connectivity index (χ4v) is 0.446. The van der Waals surface area contributed by atoms with Gasteiger partial charge in [-0.05, 0) is 26.1 Å². The van der Waals surface area contributed by atoms with Crippen LogP contribution in [0.5, 0.6) is 0 Å². The summed E-state index contributed by atoms with van der Waals surface area (Å²) in [5, 5.41) is 3.14. The van der Waals surface area contributed by atoms with Gasteiger partial charge in [0.15, 0.2) is 0 Å². The third-order valence-electron chi connectivity index (χ3n) is 0.884. The van der Waals surface area contributed by atoms with Crippen LogP contribution in [-0.2, 0) is 0 Å². The maximum absolute atomic E-state index is 3.55. The summed E-state index contributed by atoms with van der Waals surface area (Å²) < 4.78 is 0. The second-order valence-corrected chi connectivity index (χ2v) is 2.30. The first-order valence-electron chi connectivity index (χ1n) is 3.47. The van der Waals surface area contributed by atoms with Crippen molar-refractivity contribution >= 4 is 0 Å². The molecule has 10 heavy (non-hydrogen) atoms. The summed E-state index contributed by atoms with van der Waals surface area (Å²) in [7, 11) is 0. The van der Waals surface area contributed by atoms with E-state index in [9.17, 15) is 0 Å². The summed E-state index contributed by atoms with van der Waals surface area (Å²) in [5.74, 6) is 0. The van der Waals surface area contributed by atoms with E-state index in [2.05, 4.69) is 25.7 Å². The van der Waals surface area contributed by atoms with Gasteiger partial charge >= 0.3 is 0 Å². The summed E-state index contributed by atoms with van der Waals surface area (Å²) in [4.78, 5) is 0. The van der Waals surface area contributed by atoms with E-state index in [-0.39, 0.29) is 0 Å². The Balaban J connectivity index is 3.37. The van der Waals surface area contributed by atoms with Crippen molar-refractivity contribution in [3.8, 4) is 0 Å². The topological polar surface area (TPSA) is 12.0 Å². The van der Waals surface area contributed by atoms with Gasteiger partial charge in [0.05, 0.1) is 0 Å². The predicted molar refractivity (Wildman–Crippen MR) is 46.7 cm³/mol. The predicted octanol–water partition coefficient (Wildman–Crippen LogP) is 2.24. The van der Waals surface area contributed by atoms with Crippen molar-refractivity contribution < 1.29 is 0 Å². The quantitative estimate of drug-likeness (QED) is 0.586. The summed E-state index contributed by atoms with van der Waals surface area (Å²) in [6.07, 6.45) is 9.44. The second kappa shape index (κ2) is 6.14. The van der Waals surface area contributed by atoms with E-state index in [0.29, 0.717) is 6.04 Å². The molecule has 0 spiro atoms. The van der Waals surface area contributed by atoms with Crippen LogP contribution in [-0.4, -0.2) is 6.04 Å². The molecule has 1 N–H and O–H groups in total. The molecule has 0 saturated carbocycles. The molecular weight excluding hydrogens is 122 g/mol. The standard InChI is InChI=1S/C9H15N/c1-4-5-6-7-8-10-9(2)3/h4-10H,1H2,2-3H3/b6-5-,8-7+. The number of rotatable bonds is 4. The Kier molecular flexibility index (Phi) is 5.54. The van der Waals surface area contributed by atoms with E-state index >= 15 is 0 Å². The Morgan fingerprint density at radius 2 is 1.90 bits per heavy atom. The summed E-state index contributed by atoms with van der Waals surface area (Å²) in [5.41, 5.74) is 0. The smallest absolute Gasteiger partial charge is 0.0199 e. The maximum atomic E-state index is 3.55. The molecule has 1 nitrogen and oxygen atoms in total. The molecule has 0 aliphatic rings. The van der Waals surface area contributed by atoms with Crippen LogP contribution in [0.2, 0.25) is 0 Å². The molecule has 0 heterocycles. The van der Waals surface area contributed by atoms with Crippen molar-refractivity contribution in [3.63, 3.8) is 0 Å². The van der Waals surface area contributed by atoms with E-state index in [4.69, 9.17) is 0 Å². The van der Waals surface area contributed by atoms with Crippen molar-refractivity contribution in [2.75, 3.05) is 0 Å². The van der Waals surface area contributed by atoms with Gasteiger partial charge in [-0.1, -0.05) is 24.8 Å². The first-order valence-corrected chi connectivity index (χ1v) is 3.47. The molecule has 0 aromatic heterocycles. The molecule has 0 unspecified atom stereocenters. The minimum Gasteiger partial charge on any atom is -0.389 e. The highest BCUT2D eigenvalue weighted by Gasteiger charge is 1.80. The van der Waals surface area contributed by atoms with Crippen molar-refractivity contribution in [2.24, 2.45) is 0 Å². The fourth-order valence-electron chi connectivity index (χ4n) is 0.446. The van der Waals surface area contributed by atoms with Crippen LogP contribution in [0.4, 0.5) is 0 Å². The molecular formula is C9H15N. The van der Waals surface area contributed by atoms with E-state index in [0.717, 1.165) is 0 Å². The van der Waals surface area contributed by atoms with Gasteiger partial charge in [0.25, 0.3) is 0 Å². The highest BCUT2D eigenvalue weighted by molar-refractivity contribution is 5.08. The Hall–Kier alpha value is -0.980. The Bertz CT molecular complexity index is 132. The molecule has 56 valence electrons. The van der Waals surface area contributed by atoms with E-state index in [1.54, 1.807) is 6.08 Å². The van der Waals surface area contributed by atoms with Gasteiger partial charge in [-0.15, -0.1) is 0 Å². The average Bonchev–Trinajstić information content (AvgIpc) is 1.87. The molecule has 0 saturated heterocycles. The maximum Gasteiger partial charge on any atom is 0.0199 e. The molecule has 0 radical (unpaired) electrons. The molecule has 0 aromatic carbocycles. The lowest BCUT2D eigenvalue weighted by Gasteiger charge is -2.00. The zero-order valence-electron chi connectivity index (χ0n) is 6.67. The Labute approximate surface area is 63.1 Å². The largest absolute Gasteiger partial charge is 0.389 e. The van der Waals surface area contributed by atoms with Crippen LogP contribution in [0, 0.1) is 0 Å².